The minimum absolute atomic E-state index is 0.0961. The predicted molar refractivity (Wildman–Crippen MR) is 99.1 cm³/mol. The molecular weight excluding hydrogens is 330 g/mol. The zero-order valence-corrected chi connectivity index (χ0v) is 14.5. The molecule has 3 N–H and O–H groups in total. The van der Waals surface area contributed by atoms with Crippen molar-refractivity contribution in [3.8, 4) is 0 Å². The summed E-state index contributed by atoms with van der Waals surface area (Å²) in [6.07, 6.45) is 4.02. The summed E-state index contributed by atoms with van der Waals surface area (Å²) < 4.78 is 1.93. The van der Waals surface area contributed by atoms with Crippen LogP contribution in [0.4, 0.5) is 0 Å². The maximum absolute atomic E-state index is 12.4. The Hall–Kier alpha value is -3.35. The first-order valence-corrected chi connectivity index (χ1v) is 8.44. The Kier molecular flexibility index (Phi) is 3.84. The molecule has 0 aliphatic rings. The van der Waals surface area contributed by atoms with Gasteiger partial charge in [0.25, 0.3) is 0 Å². The van der Waals surface area contributed by atoms with E-state index in [0.717, 1.165) is 33.5 Å². The number of aromatic nitrogens is 4. The summed E-state index contributed by atoms with van der Waals surface area (Å²) in [5.74, 6) is -0.0961. The van der Waals surface area contributed by atoms with Crippen molar-refractivity contribution in [2.45, 2.75) is 26.3 Å². The molecule has 0 unspecified atom stereocenters. The molecule has 0 saturated heterocycles. The molecular formula is C19H19N5O2. The van der Waals surface area contributed by atoms with Crippen LogP contribution in [0.1, 0.15) is 29.8 Å². The predicted octanol–water partition coefficient (Wildman–Crippen LogP) is 2.23. The number of nitrogens with one attached hydrogen (secondary N) is 3. The van der Waals surface area contributed by atoms with Crippen molar-refractivity contribution in [2.75, 3.05) is 0 Å². The third kappa shape index (κ3) is 2.99. The molecule has 0 spiro atoms. The summed E-state index contributed by atoms with van der Waals surface area (Å²) in [5, 5.41) is 2.98. The lowest BCUT2D eigenvalue weighted by Crippen LogP contribution is -2.28. The average Bonchev–Trinajstić information content (AvgIpc) is 3.16. The number of H-pyrrole nitrogens is 2. The van der Waals surface area contributed by atoms with Gasteiger partial charge in [0.05, 0.1) is 29.2 Å². The number of nitrogens with zero attached hydrogens (tertiary/aromatic N) is 2. The zero-order chi connectivity index (χ0) is 18.3. The number of rotatable bonds is 4. The topological polar surface area (TPSA) is 95.0 Å². The fourth-order valence-electron chi connectivity index (χ4n) is 3.15. The van der Waals surface area contributed by atoms with Gasteiger partial charge in [0.1, 0.15) is 5.65 Å². The molecule has 0 saturated carbocycles. The van der Waals surface area contributed by atoms with E-state index < -0.39 is 0 Å². The second-order valence-corrected chi connectivity index (χ2v) is 6.50. The Bertz CT molecular complexity index is 1170. The average molecular weight is 349 g/mol. The third-order valence-electron chi connectivity index (χ3n) is 4.49. The third-order valence-corrected chi connectivity index (χ3v) is 4.49. The van der Waals surface area contributed by atoms with Gasteiger partial charge in [0, 0.05) is 12.4 Å². The molecule has 0 aliphatic carbocycles. The van der Waals surface area contributed by atoms with Gasteiger partial charge in [0.15, 0.2) is 0 Å². The number of aromatic amines is 2. The molecule has 4 aromatic rings. The molecule has 132 valence electrons. The Morgan fingerprint density at radius 3 is 2.88 bits per heavy atom. The smallest absolute Gasteiger partial charge is 0.323 e. The summed E-state index contributed by atoms with van der Waals surface area (Å²) in [7, 11) is 0. The van der Waals surface area contributed by atoms with Crippen molar-refractivity contribution >= 4 is 22.6 Å². The van der Waals surface area contributed by atoms with Crippen LogP contribution in [0.5, 0.6) is 0 Å². The van der Waals surface area contributed by atoms with Crippen LogP contribution in [0.2, 0.25) is 0 Å². The Morgan fingerprint density at radius 1 is 1.27 bits per heavy atom. The summed E-state index contributed by atoms with van der Waals surface area (Å²) in [6.45, 7) is 3.91. The second kappa shape index (κ2) is 6.18. The van der Waals surface area contributed by atoms with Crippen LogP contribution in [-0.4, -0.2) is 25.3 Å². The van der Waals surface area contributed by atoms with Crippen LogP contribution in [0.25, 0.3) is 16.7 Å². The highest BCUT2D eigenvalue weighted by atomic mass is 16.1. The SMILES string of the molecule is Cc1cccn2cc(CC(=O)N[C@H](C)c3ccc4[nH]c(=O)[nH]c4c3)nc12. The fraction of sp³-hybridized carbons (Fsp3) is 0.211. The number of carbonyl (C=O) groups excluding carboxylic acids is 1. The number of amides is 1. The summed E-state index contributed by atoms with van der Waals surface area (Å²) in [5.41, 5.74) is 4.82. The van der Waals surface area contributed by atoms with E-state index in [4.69, 9.17) is 0 Å². The lowest BCUT2D eigenvalue weighted by Gasteiger charge is -2.14. The maximum Gasteiger partial charge on any atom is 0.323 e. The molecule has 0 radical (unpaired) electrons. The molecule has 7 heteroatoms. The standard InChI is InChI=1S/C19H19N5O2/c1-11-4-3-7-24-10-14(21-18(11)24)9-17(25)20-12(2)13-5-6-15-16(8-13)23-19(26)22-15/h3-8,10,12H,9H2,1-2H3,(H,20,25)(H2,22,23,26)/t12-/m1/s1. The quantitative estimate of drug-likeness (QED) is 0.527. The Morgan fingerprint density at radius 2 is 2.08 bits per heavy atom. The summed E-state index contributed by atoms with van der Waals surface area (Å²) >= 11 is 0. The van der Waals surface area contributed by atoms with Gasteiger partial charge >= 0.3 is 5.69 Å². The van der Waals surface area contributed by atoms with Gasteiger partial charge in [0.2, 0.25) is 5.91 Å². The monoisotopic (exact) mass is 349 g/mol. The Balaban J connectivity index is 1.48. The first kappa shape index (κ1) is 16.1. The van der Waals surface area contributed by atoms with Crippen LogP contribution in [-0.2, 0) is 11.2 Å². The first-order chi connectivity index (χ1) is 12.5. The zero-order valence-electron chi connectivity index (χ0n) is 14.5. The molecule has 0 fully saturated rings. The Labute approximate surface area is 149 Å². The molecule has 26 heavy (non-hydrogen) atoms. The number of hydrogen-bond donors (Lipinski definition) is 3. The van der Waals surface area contributed by atoms with Crippen LogP contribution >= 0.6 is 0 Å². The highest BCUT2D eigenvalue weighted by molar-refractivity contribution is 5.79. The van der Waals surface area contributed by atoms with E-state index in [1.807, 2.05) is 61.0 Å². The van der Waals surface area contributed by atoms with Crippen molar-refractivity contribution in [3.05, 3.63) is 70.0 Å². The van der Waals surface area contributed by atoms with Gasteiger partial charge in [-0.25, -0.2) is 9.78 Å². The van der Waals surface area contributed by atoms with Crippen LogP contribution in [0.15, 0.2) is 47.5 Å². The van der Waals surface area contributed by atoms with E-state index in [1.54, 1.807) is 0 Å². The van der Waals surface area contributed by atoms with Crippen molar-refractivity contribution < 1.29 is 4.79 Å². The molecule has 1 atom stereocenters. The largest absolute Gasteiger partial charge is 0.349 e. The van der Waals surface area contributed by atoms with E-state index in [0.29, 0.717) is 0 Å². The number of pyridine rings is 1. The van der Waals surface area contributed by atoms with E-state index >= 15 is 0 Å². The number of imidazole rings is 2. The molecule has 3 aromatic heterocycles. The highest BCUT2D eigenvalue weighted by Gasteiger charge is 2.13. The van der Waals surface area contributed by atoms with E-state index in [-0.39, 0.29) is 24.1 Å². The van der Waals surface area contributed by atoms with Crippen molar-refractivity contribution in [1.82, 2.24) is 24.7 Å². The van der Waals surface area contributed by atoms with Gasteiger partial charge < -0.3 is 19.7 Å². The maximum atomic E-state index is 12.4. The molecule has 7 nitrogen and oxygen atoms in total. The van der Waals surface area contributed by atoms with E-state index in [9.17, 15) is 9.59 Å². The number of aryl methyl sites for hydroxylation is 1. The van der Waals surface area contributed by atoms with E-state index in [2.05, 4.69) is 20.3 Å². The van der Waals surface area contributed by atoms with Gasteiger partial charge in [-0.1, -0.05) is 12.1 Å². The van der Waals surface area contributed by atoms with Gasteiger partial charge in [-0.3, -0.25) is 4.79 Å². The fourth-order valence-corrected chi connectivity index (χ4v) is 3.15. The normalized spacial score (nSPS) is 12.5. The first-order valence-electron chi connectivity index (χ1n) is 8.44. The molecule has 1 aromatic carbocycles. The van der Waals surface area contributed by atoms with Crippen molar-refractivity contribution in [2.24, 2.45) is 0 Å². The molecule has 1 amide bonds. The minimum atomic E-state index is -0.240. The number of fused-ring (bicyclic) bond motifs is 2. The van der Waals surface area contributed by atoms with E-state index in [1.165, 1.54) is 0 Å². The molecule has 0 aliphatic heterocycles. The lowest BCUT2D eigenvalue weighted by molar-refractivity contribution is -0.121. The van der Waals surface area contributed by atoms with Gasteiger partial charge in [-0.2, -0.15) is 0 Å². The molecule has 4 rings (SSSR count). The van der Waals surface area contributed by atoms with Crippen LogP contribution < -0.4 is 11.0 Å². The number of benzene rings is 1. The van der Waals surface area contributed by atoms with Crippen LogP contribution in [0.3, 0.4) is 0 Å². The summed E-state index contributed by atoms with van der Waals surface area (Å²) in [6, 6.07) is 9.37. The van der Waals surface area contributed by atoms with Crippen molar-refractivity contribution in [3.63, 3.8) is 0 Å². The van der Waals surface area contributed by atoms with Gasteiger partial charge in [-0.15, -0.1) is 0 Å². The minimum Gasteiger partial charge on any atom is -0.349 e. The highest BCUT2D eigenvalue weighted by Crippen LogP contribution is 2.17. The second-order valence-electron chi connectivity index (χ2n) is 6.50. The number of carbonyl (C=O) groups is 1. The molecule has 0 bridgehead atoms. The van der Waals surface area contributed by atoms with Gasteiger partial charge in [-0.05, 0) is 43.2 Å². The lowest BCUT2D eigenvalue weighted by atomic mass is 10.1. The van der Waals surface area contributed by atoms with Crippen LogP contribution in [0, 0.1) is 6.92 Å². The molecule has 3 heterocycles. The summed E-state index contributed by atoms with van der Waals surface area (Å²) in [4.78, 5) is 33.7. The van der Waals surface area contributed by atoms with Crippen molar-refractivity contribution in [1.29, 1.82) is 0 Å². The number of hydrogen-bond acceptors (Lipinski definition) is 3.